The summed E-state index contributed by atoms with van der Waals surface area (Å²) in [7, 11) is 2.58. The predicted octanol–water partition coefficient (Wildman–Crippen LogP) is 6.67. The third-order valence-electron chi connectivity index (χ3n) is 11.5. The zero-order valence-corrected chi connectivity index (χ0v) is 33.6. The first-order valence-electron chi connectivity index (χ1n) is 19.9. The highest BCUT2D eigenvalue weighted by molar-refractivity contribution is 6.00. The molecular weight excluding hydrogens is 741 g/mol. The number of aromatic amines is 4. The van der Waals surface area contributed by atoms with E-state index in [0.717, 1.165) is 87.0 Å². The normalized spacial score (nSPS) is 18.1. The van der Waals surface area contributed by atoms with Gasteiger partial charge in [0.1, 0.15) is 23.7 Å². The Morgan fingerprint density at radius 2 is 1.22 bits per heavy atom. The maximum absolute atomic E-state index is 13.6. The number of fused-ring (bicyclic) bond motifs is 3. The van der Waals surface area contributed by atoms with Crippen LogP contribution in [0.5, 0.6) is 0 Å². The maximum atomic E-state index is 13.6. The molecule has 2 saturated heterocycles. The largest absolute Gasteiger partial charge is 0.453 e. The Bertz CT molecular complexity index is 2460. The third-order valence-corrected chi connectivity index (χ3v) is 11.5. The summed E-state index contributed by atoms with van der Waals surface area (Å²) in [5, 5.41) is 7.49. The first-order chi connectivity index (χ1) is 27.9. The molecule has 58 heavy (non-hydrogen) atoms. The number of alkyl carbamates (subject to hydrolysis) is 2. The quantitative estimate of drug-likeness (QED) is 0.0882. The van der Waals surface area contributed by atoms with Crippen molar-refractivity contribution in [2.45, 2.75) is 77.5 Å². The molecular formula is C42H50N10O6. The van der Waals surface area contributed by atoms with Crippen LogP contribution in [0.15, 0.2) is 48.7 Å². The van der Waals surface area contributed by atoms with Crippen LogP contribution >= 0.6 is 0 Å². The van der Waals surface area contributed by atoms with Gasteiger partial charge < -0.3 is 49.8 Å². The summed E-state index contributed by atoms with van der Waals surface area (Å²) in [6.07, 6.45) is 3.76. The second kappa shape index (κ2) is 15.6. The fourth-order valence-electron chi connectivity index (χ4n) is 8.45. The average molecular weight is 791 g/mol. The Balaban J connectivity index is 0.995. The number of rotatable bonds is 10. The van der Waals surface area contributed by atoms with Gasteiger partial charge in [-0.2, -0.15) is 0 Å². The first kappa shape index (κ1) is 38.5. The second-order valence-corrected chi connectivity index (χ2v) is 16.0. The highest BCUT2D eigenvalue weighted by Crippen LogP contribution is 2.36. The maximum Gasteiger partial charge on any atom is 0.407 e. The summed E-state index contributed by atoms with van der Waals surface area (Å²) in [6.45, 7) is 8.78. The molecule has 2 aliphatic heterocycles. The lowest BCUT2D eigenvalue weighted by molar-refractivity contribution is -0.136. The van der Waals surface area contributed by atoms with Gasteiger partial charge in [0.25, 0.3) is 0 Å². The Kier molecular flexibility index (Phi) is 10.3. The molecule has 4 aromatic heterocycles. The Labute approximate surface area is 334 Å². The molecule has 2 aliphatic rings. The van der Waals surface area contributed by atoms with E-state index in [1.165, 1.54) is 14.2 Å². The van der Waals surface area contributed by atoms with E-state index in [1.807, 2.05) is 44.7 Å². The van der Waals surface area contributed by atoms with E-state index < -0.39 is 24.3 Å². The van der Waals surface area contributed by atoms with Crippen molar-refractivity contribution in [3.8, 4) is 22.6 Å². The second-order valence-electron chi connectivity index (χ2n) is 16.0. The molecule has 0 radical (unpaired) electrons. The van der Waals surface area contributed by atoms with E-state index >= 15 is 0 Å². The van der Waals surface area contributed by atoms with Crippen LogP contribution in [0.3, 0.4) is 0 Å². The smallest absolute Gasteiger partial charge is 0.407 e. The number of hydrogen-bond donors (Lipinski definition) is 6. The van der Waals surface area contributed by atoms with E-state index in [9.17, 15) is 19.2 Å². The summed E-state index contributed by atoms with van der Waals surface area (Å²) in [5.74, 6) is 0.922. The Morgan fingerprint density at radius 3 is 1.79 bits per heavy atom. The minimum atomic E-state index is -0.697. The van der Waals surface area contributed by atoms with Gasteiger partial charge in [-0.15, -0.1) is 0 Å². The fraction of sp³-hybridized carbons (Fsp3) is 0.429. The number of nitrogens with one attached hydrogen (secondary N) is 6. The number of amides is 4. The zero-order chi connectivity index (χ0) is 40.8. The number of benzene rings is 2. The number of H-pyrrole nitrogens is 4. The van der Waals surface area contributed by atoms with Crippen molar-refractivity contribution in [3.63, 3.8) is 0 Å². The van der Waals surface area contributed by atoms with Crippen molar-refractivity contribution in [1.82, 2.24) is 50.3 Å². The van der Waals surface area contributed by atoms with Gasteiger partial charge in [-0.25, -0.2) is 19.6 Å². The fourth-order valence-corrected chi connectivity index (χ4v) is 8.45. The number of carbonyl (C=O) groups is 4. The SMILES string of the molecule is COC(=O)N[C@H](C(=O)N1CCCC1c1nc2ccc(-c3cc4cc5[nH]c(-c6cnc(C7CCCN7C(=O)[C@H](NC(=O)OC)C(C)C)[nH]6)cc5cc4[nH]3)cc2[nH]1)C(C)C. The number of hydrogen-bond acceptors (Lipinski definition) is 8. The van der Waals surface area contributed by atoms with E-state index in [2.05, 4.69) is 60.9 Å². The highest BCUT2D eigenvalue weighted by atomic mass is 16.5. The van der Waals surface area contributed by atoms with E-state index in [4.69, 9.17) is 19.4 Å². The number of likely N-dealkylation sites (tertiary alicyclic amines) is 2. The molecule has 8 rings (SSSR count). The van der Waals surface area contributed by atoms with Crippen LogP contribution in [0.2, 0.25) is 0 Å². The summed E-state index contributed by atoms with van der Waals surface area (Å²) >= 11 is 0. The minimum absolute atomic E-state index is 0.112. The van der Waals surface area contributed by atoms with Gasteiger partial charge in [0.15, 0.2) is 0 Å². The monoisotopic (exact) mass is 790 g/mol. The molecule has 4 atom stereocenters. The van der Waals surface area contributed by atoms with E-state index in [-0.39, 0.29) is 35.7 Å². The van der Waals surface area contributed by atoms with Crippen LogP contribution in [0.4, 0.5) is 9.59 Å². The Morgan fingerprint density at radius 1 is 0.672 bits per heavy atom. The van der Waals surface area contributed by atoms with Crippen molar-refractivity contribution in [1.29, 1.82) is 0 Å². The molecule has 6 aromatic rings. The number of ether oxygens (including phenoxy) is 2. The van der Waals surface area contributed by atoms with Crippen molar-refractivity contribution in [2.24, 2.45) is 11.8 Å². The highest BCUT2D eigenvalue weighted by Gasteiger charge is 2.39. The molecule has 6 heterocycles. The topological polar surface area (TPSA) is 206 Å². The van der Waals surface area contributed by atoms with Crippen LogP contribution in [0, 0.1) is 11.8 Å². The van der Waals surface area contributed by atoms with Gasteiger partial charge in [0.05, 0.1) is 54.9 Å². The molecule has 2 aromatic carbocycles. The number of nitrogens with zero attached hydrogens (tertiary/aromatic N) is 4. The third kappa shape index (κ3) is 7.22. The average Bonchev–Trinajstić information content (AvgIpc) is 4.06. The predicted molar refractivity (Wildman–Crippen MR) is 219 cm³/mol. The lowest BCUT2D eigenvalue weighted by Crippen LogP contribution is -2.51. The van der Waals surface area contributed by atoms with Crippen molar-refractivity contribution in [3.05, 3.63) is 60.3 Å². The van der Waals surface area contributed by atoms with Crippen LogP contribution in [-0.4, -0.2) is 103 Å². The zero-order valence-electron chi connectivity index (χ0n) is 33.6. The lowest BCUT2D eigenvalue weighted by atomic mass is 10.0. The van der Waals surface area contributed by atoms with Crippen molar-refractivity contribution >= 4 is 56.8 Å². The van der Waals surface area contributed by atoms with Gasteiger partial charge in [0, 0.05) is 46.2 Å². The number of aromatic nitrogens is 6. The summed E-state index contributed by atoms with van der Waals surface area (Å²) < 4.78 is 9.54. The van der Waals surface area contributed by atoms with Crippen LogP contribution < -0.4 is 10.6 Å². The number of imidazole rings is 2. The summed E-state index contributed by atoms with van der Waals surface area (Å²) in [5.41, 5.74) is 7.30. The molecule has 16 nitrogen and oxygen atoms in total. The number of methoxy groups -OCH3 is 2. The van der Waals surface area contributed by atoms with Crippen molar-refractivity contribution < 1.29 is 28.7 Å². The molecule has 2 unspecified atom stereocenters. The van der Waals surface area contributed by atoms with Crippen LogP contribution in [0.25, 0.3) is 55.5 Å². The lowest BCUT2D eigenvalue weighted by Gasteiger charge is -2.30. The molecule has 2 fully saturated rings. The molecule has 6 N–H and O–H groups in total. The Hall–Kier alpha value is -6.32. The molecule has 0 bridgehead atoms. The first-order valence-corrected chi connectivity index (χ1v) is 19.9. The van der Waals surface area contributed by atoms with Gasteiger partial charge in [-0.3, -0.25) is 9.59 Å². The number of carbonyl (C=O) groups excluding carboxylic acids is 4. The van der Waals surface area contributed by atoms with Crippen LogP contribution in [0.1, 0.15) is 77.1 Å². The molecule has 304 valence electrons. The molecule has 0 aliphatic carbocycles. The summed E-state index contributed by atoms with van der Waals surface area (Å²) in [6, 6.07) is 12.7. The minimum Gasteiger partial charge on any atom is -0.453 e. The van der Waals surface area contributed by atoms with E-state index in [0.29, 0.717) is 18.9 Å². The van der Waals surface area contributed by atoms with Crippen molar-refractivity contribution in [2.75, 3.05) is 27.3 Å². The van der Waals surface area contributed by atoms with Crippen LogP contribution in [-0.2, 0) is 19.1 Å². The van der Waals surface area contributed by atoms with Gasteiger partial charge in [-0.05, 0) is 73.9 Å². The van der Waals surface area contributed by atoms with Gasteiger partial charge >= 0.3 is 12.2 Å². The van der Waals surface area contributed by atoms with Gasteiger partial charge in [0.2, 0.25) is 11.8 Å². The van der Waals surface area contributed by atoms with E-state index in [1.54, 1.807) is 11.1 Å². The van der Waals surface area contributed by atoms with Gasteiger partial charge in [-0.1, -0.05) is 33.8 Å². The molecule has 4 amide bonds. The standard InChI is InChI=1S/C42H50N10O6/c1-21(2)35(49-41(55)57-5)39(53)51-13-7-9-33(51)37-43-20-32(48-37)31-19-25-18-28-24(17-29(25)45-31)16-27(44-28)23-11-12-26-30(15-23)47-38(46-26)34-10-8-14-52(34)40(54)36(22(3)4)50-42(56)58-6/h11-12,15-22,33-36,44-45H,7-10,13-14H2,1-6H3,(H,43,48)(H,46,47)(H,49,55)(H,50,56)/t33?,34?,35-,36+/m1/s1. The summed E-state index contributed by atoms with van der Waals surface area (Å²) in [4.78, 5) is 78.6. The molecule has 0 spiro atoms. The molecule has 16 heteroatoms. The molecule has 0 saturated carbocycles.